The van der Waals surface area contributed by atoms with Crippen molar-refractivity contribution in [2.45, 2.75) is 6.04 Å². The second kappa shape index (κ2) is 8.85. The maximum Gasteiger partial charge on any atom is 0.268 e. The normalized spacial score (nSPS) is 12.1. The summed E-state index contributed by atoms with van der Waals surface area (Å²) >= 11 is 6.04. The Kier molecular flexibility index (Phi) is 5.60. The number of pyridine rings is 2. The van der Waals surface area contributed by atoms with E-state index in [1.165, 1.54) is 0 Å². The van der Waals surface area contributed by atoms with E-state index in [0.717, 1.165) is 33.3 Å². The van der Waals surface area contributed by atoms with Crippen LogP contribution in [0.5, 0.6) is 0 Å². The van der Waals surface area contributed by atoms with E-state index in [1.54, 1.807) is 55.1 Å². The lowest BCUT2D eigenvalue weighted by molar-refractivity contribution is 0.0912. The lowest BCUT2D eigenvalue weighted by atomic mass is 10.1. The molecule has 9 heteroatoms. The first-order valence-electron chi connectivity index (χ1n) is 10.2. The van der Waals surface area contributed by atoms with E-state index in [0.29, 0.717) is 16.4 Å². The van der Waals surface area contributed by atoms with E-state index in [4.69, 9.17) is 11.6 Å². The van der Waals surface area contributed by atoms with Gasteiger partial charge in [-0.05, 0) is 42.0 Å². The minimum atomic E-state index is -0.574. The van der Waals surface area contributed by atoms with E-state index in [2.05, 4.69) is 30.5 Å². The number of amides is 1. The van der Waals surface area contributed by atoms with Crippen LogP contribution in [0.1, 0.15) is 22.1 Å². The van der Waals surface area contributed by atoms with Crippen LogP contribution in [-0.4, -0.2) is 42.8 Å². The summed E-state index contributed by atoms with van der Waals surface area (Å²) in [6, 6.07) is 14.0. The Hall–Kier alpha value is -4.01. The Labute approximate surface area is 193 Å². The molecule has 4 N–H and O–H groups in total. The van der Waals surface area contributed by atoms with Crippen LogP contribution in [-0.2, 0) is 0 Å². The summed E-state index contributed by atoms with van der Waals surface area (Å²) in [5, 5.41) is 21.3. The van der Waals surface area contributed by atoms with Crippen molar-refractivity contribution in [1.29, 1.82) is 0 Å². The molecule has 1 aromatic carbocycles. The summed E-state index contributed by atoms with van der Waals surface area (Å²) in [5.41, 5.74) is 5.14. The van der Waals surface area contributed by atoms with Crippen LogP contribution in [0, 0.1) is 0 Å². The van der Waals surface area contributed by atoms with E-state index in [1.807, 2.05) is 18.2 Å². The molecule has 0 unspecified atom stereocenters. The quantitative estimate of drug-likeness (QED) is 0.305. The van der Waals surface area contributed by atoms with Crippen molar-refractivity contribution in [2.24, 2.45) is 0 Å². The van der Waals surface area contributed by atoms with Gasteiger partial charge in [-0.25, -0.2) is 4.98 Å². The first-order valence-corrected chi connectivity index (χ1v) is 10.6. The zero-order valence-electron chi connectivity index (χ0n) is 17.3. The summed E-state index contributed by atoms with van der Waals surface area (Å²) < 4.78 is 0. The topological polar surface area (TPSA) is 120 Å². The van der Waals surface area contributed by atoms with Crippen molar-refractivity contribution in [1.82, 2.24) is 30.5 Å². The number of halogens is 1. The number of hydrogen-bond donors (Lipinski definition) is 4. The highest BCUT2D eigenvalue weighted by molar-refractivity contribution is 6.30. The zero-order valence-corrected chi connectivity index (χ0v) is 18.0. The van der Waals surface area contributed by atoms with E-state index in [-0.39, 0.29) is 12.5 Å². The molecule has 0 saturated carbocycles. The van der Waals surface area contributed by atoms with Crippen LogP contribution in [0.15, 0.2) is 73.3 Å². The summed E-state index contributed by atoms with van der Waals surface area (Å²) in [5.74, 6) is -0.338. The molecule has 1 amide bonds. The number of fused-ring (bicyclic) bond motifs is 1. The number of nitrogens with zero attached hydrogens (tertiary/aromatic N) is 3. The standard InChI is InChI=1S/C24H19ClN6O2/c25-18-3-1-2-15(8-18)21(13-32)29-24(33)20-10-17(11-27-20)16-9-19-22(14-4-6-26-7-5-14)30-31-23(19)28-12-16/h1-12,21,27,32H,13H2,(H,29,33)(H,28,30,31)/t21-/m1/s1. The van der Waals surface area contributed by atoms with Gasteiger partial charge in [-0.3, -0.25) is 14.9 Å². The molecule has 0 fully saturated rings. The van der Waals surface area contributed by atoms with Crippen molar-refractivity contribution < 1.29 is 9.90 Å². The molecule has 164 valence electrons. The van der Waals surface area contributed by atoms with Gasteiger partial charge in [0, 0.05) is 51.9 Å². The Balaban J connectivity index is 1.40. The number of aromatic amines is 2. The monoisotopic (exact) mass is 458 g/mol. The summed E-state index contributed by atoms with van der Waals surface area (Å²) in [6.07, 6.45) is 6.91. The van der Waals surface area contributed by atoms with E-state index >= 15 is 0 Å². The molecule has 4 heterocycles. The van der Waals surface area contributed by atoms with Crippen LogP contribution >= 0.6 is 11.6 Å². The fraction of sp³-hybridized carbons (Fsp3) is 0.0833. The number of aromatic nitrogens is 5. The SMILES string of the molecule is O=C(N[C@H](CO)c1cccc(Cl)c1)c1cc(-c2cnc3n[nH]c(-c4ccncc4)c3c2)c[nH]1. The third-order valence-corrected chi connectivity index (χ3v) is 5.61. The predicted octanol–water partition coefficient (Wildman–Crippen LogP) is 4.13. The van der Waals surface area contributed by atoms with Gasteiger partial charge in [0.1, 0.15) is 5.69 Å². The predicted molar refractivity (Wildman–Crippen MR) is 126 cm³/mol. The molecule has 33 heavy (non-hydrogen) atoms. The molecule has 1 atom stereocenters. The summed E-state index contributed by atoms with van der Waals surface area (Å²) in [7, 11) is 0. The van der Waals surface area contributed by atoms with Gasteiger partial charge in [0.05, 0.1) is 18.3 Å². The Bertz CT molecular complexity index is 1430. The third kappa shape index (κ3) is 4.21. The first kappa shape index (κ1) is 20.9. The number of rotatable bonds is 6. The van der Waals surface area contributed by atoms with Crippen LogP contribution in [0.4, 0.5) is 0 Å². The lowest BCUT2D eigenvalue weighted by Crippen LogP contribution is -2.31. The Morgan fingerprint density at radius 3 is 2.73 bits per heavy atom. The molecule has 4 aromatic heterocycles. The zero-order chi connectivity index (χ0) is 22.8. The smallest absolute Gasteiger partial charge is 0.268 e. The van der Waals surface area contributed by atoms with Crippen molar-refractivity contribution in [3.63, 3.8) is 0 Å². The van der Waals surface area contributed by atoms with Crippen LogP contribution < -0.4 is 5.32 Å². The highest BCUT2D eigenvalue weighted by atomic mass is 35.5. The Morgan fingerprint density at radius 1 is 1.09 bits per heavy atom. The van der Waals surface area contributed by atoms with Crippen molar-refractivity contribution in [3.05, 3.63) is 89.6 Å². The number of carbonyl (C=O) groups excluding carboxylic acids is 1. The molecule has 8 nitrogen and oxygen atoms in total. The van der Waals surface area contributed by atoms with Gasteiger partial charge in [-0.15, -0.1) is 0 Å². The van der Waals surface area contributed by atoms with Crippen molar-refractivity contribution in [2.75, 3.05) is 6.61 Å². The number of benzene rings is 1. The number of hydrogen-bond acceptors (Lipinski definition) is 5. The number of aliphatic hydroxyl groups is 1. The number of carbonyl (C=O) groups is 1. The van der Waals surface area contributed by atoms with E-state index < -0.39 is 6.04 Å². The van der Waals surface area contributed by atoms with Crippen molar-refractivity contribution >= 4 is 28.5 Å². The van der Waals surface area contributed by atoms with Gasteiger partial charge in [-0.1, -0.05) is 23.7 Å². The molecular weight excluding hydrogens is 440 g/mol. The minimum absolute atomic E-state index is 0.251. The van der Waals surface area contributed by atoms with Crippen LogP contribution in [0.2, 0.25) is 5.02 Å². The Morgan fingerprint density at radius 2 is 1.94 bits per heavy atom. The summed E-state index contributed by atoms with van der Waals surface area (Å²) in [6.45, 7) is -0.251. The average Bonchev–Trinajstić information content (AvgIpc) is 3.50. The fourth-order valence-corrected chi connectivity index (χ4v) is 3.88. The molecule has 0 aliphatic rings. The third-order valence-electron chi connectivity index (χ3n) is 5.38. The lowest BCUT2D eigenvalue weighted by Gasteiger charge is -2.16. The fourth-order valence-electron chi connectivity index (χ4n) is 3.68. The van der Waals surface area contributed by atoms with Gasteiger partial charge in [0.25, 0.3) is 5.91 Å². The maximum atomic E-state index is 12.8. The molecule has 0 bridgehead atoms. The second-order valence-corrected chi connectivity index (χ2v) is 7.93. The largest absolute Gasteiger partial charge is 0.394 e. The number of nitrogens with one attached hydrogen (secondary N) is 3. The minimum Gasteiger partial charge on any atom is -0.394 e. The van der Waals surface area contributed by atoms with Gasteiger partial charge in [0.2, 0.25) is 0 Å². The summed E-state index contributed by atoms with van der Waals surface area (Å²) in [4.78, 5) is 24.3. The molecule has 5 aromatic rings. The van der Waals surface area contributed by atoms with Gasteiger partial charge < -0.3 is 15.4 Å². The maximum absolute atomic E-state index is 12.8. The molecule has 0 spiro atoms. The molecule has 0 saturated heterocycles. The molecule has 5 rings (SSSR count). The van der Waals surface area contributed by atoms with Crippen LogP contribution in [0.25, 0.3) is 33.4 Å². The van der Waals surface area contributed by atoms with Gasteiger partial charge >= 0.3 is 0 Å². The molecule has 0 aliphatic carbocycles. The average molecular weight is 459 g/mol. The van der Waals surface area contributed by atoms with E-state index in [9.17, 15) is 9.90 Å². The highest BCUT2D eigenvalue weighted by Crippen LogP contribution is 2.29. The van der Waals surface area contributed by atoms with Crippen LogP contribution in [0.3, 0.4) is 0 Å². The molecule has 0 radical (unpaired) electrons. The first-order chi connectivity index (χ1) is 16.1. The number of aliphatic hydroxyl groups excluding tert-OH is 1. The highest BCUT2D eigenvalue weighted by Gasteiger charge is 2.18. The second-order valence-electron chi connectivity index (χ2n) is 7.50. The van der Waals surface area contributed by atoms with Gasteiger partial charge in [-0.2, -0.15) is 5.10 Å². The van der Waals surface area contributed by atoms with Gasteiger partial charge in [0.15, 0.2) is 5.65 Å². The van der Waals surface area contributed by atoms with Crippen molar-refractivity contribution in [3.8, 4) is 22.4 Å². The molecule has 0 aliphatic heterocycles. The number of H-pyrrole nitrogens is 2. The molecular formula is C24H19ClN6O2.